The van der Waals surface area contributed by atoms with Gasteiger partial charge in [-0.1, -0.05) is 12.1 Å². The minimum atomic E-state index is -0.179. The third-order valence-corrected chi connectivity index (χ3v) is 3.21. The van der Waals surface area contributed by atoms with Crippen molar-refractivity contribution in [3.63, 3.8) is 0 Å². The van der Waals surface area contributed by atoms with Gasteiger partial charge in [0.05, 0.1) is 6.54 Å². The van der Waals surface area contributed by atoms with Gasteiger partial charge in [0.2, 0.25) is 0 Å². The summed E-state index contributed by atoms with van der Waals surface area (Å²) < 4.78 is 18.8. The SMILES string of the molecule is CCNC(=NCc1ccc(C)c(F)c1)NCCCCOCC.I. The second kappa shape index (κ2) is 13.5. The van der Waals surface area contributed by atoms with Crippen LogP contribution < -0.4 is 10.6 Å². The first-order valence-corrected chi connectivity index (χ1v) is 8.02. The Morgan fingerprint density at radius 3 is 2.65 bits per heavy atom. The third-order valence-electron chi connectivity index (χ3n) is 3.21. The molecule has 0 atom stereocenters. The summed E-state index contributed by atoms with van der Waals surface area (Å²) in [5, 5.41) is 6.48. The van der Waals surface area contributed by atoms with Crippen molar-refractivity contribution in [2.24, 2.45) is 4.99 Å². The third kappa shape index (κ3) is 9.76. The normalized spacial score (nSPS) is 11.0. The van der Waals surface area contributed by atoms with E-state index in [1.807, 2.05) is 19.9 Å². The van der Waals surface area contributed by atoms with Crippen molar-refractivity contribution >= 4 is 29.9 Å². The van der Waals surface area contributed by atoms with E-state index in [-0.39, 0.29) is 29.8 Å². The molecule has 0 unspecified atom stereocenters. The number of unbranched alkanes of at least 4 members (excludes halogenated alkanes) is 1. The smallest absolute Gasteiger partial charge is 0.191 e. The van der Waals surface area contributed by atoms with Crippen molar-refractivity contribution in [3.05, 3.63) is 35.1 Å². The van der Waals surface area contributed by atoms with E-state index in [9.17, 15) is 4.39 Å². The van der Waals surface area contributed by atoms with Gasteiger partial charge in [-0.3, -0.25) is 0 Å². The molecule has 2 N–H and O–H groups in total. The van der Waals surface area contributed by atoms with Crippen LogP contribution in [0.4, 0.5) is 4.39 Å². The summed E-state index contributed by atoms with van der Waals surface area (Å²) in [7, 11) is 0. The van der Waals surface area contributed by atoms with Crippen LogP contribution >= 0.6 is 24.0 Å². The highest BCUT2D eigenvalue weighted by Gasteiger charge is 2.00. The molecule has 1 aromatic rings. The fourth-order valence-corrected chi connectivity index (χ4v) is 1.93. The van der Waals surface area contributed by atoms with Crippen LogP contribution in [0, 0.1) is 12.7 Å². The molecule has 0 aliphatic carbocycles. The number of aryl methyl sites for hydroxylation is 1. The molecule has 0 spiro atoms. The van der Waals surface area contributed by atoms with Crippen LogP contribution in [0.15, 0.2) is 23.2 Å². The minimum Gasteiger partial charge on any atom is -0.382 e. The molecule has 132 valence electrons. The van der Waals surface area contributed by atoms with Crippen molar-refractivity contribution in [3.8, 4) is 0 Å². The zero-order valence-electron chi connectivity index (χ0n) is 14.3. The average molecular weight is 437 g/mol. The van der Waals surface area contributed by atoms with E-state index >= 15 is 0 Å². The minimum absolute atomic E-state index is 0. The van der Waals surface area contributed by atoms with Crippen LogP contribution in [-0.4, -0.2) is 32.3 Å². The number of ether oxygens (including phenoxy) is 1. The van der Waals surface area contributed by atoms with Gasteiger partial charge >= 0.3 is 0 Å². The van der Waals surface area contributed by atoms with E-state index in [0.29, 0.717) is 12.1 Å². The maximum atomic E-state index is 13.5. The molecule has 23 heavy (non-hydrogen) atoms. The molecule has 0 heterocycles. The van der Waals surface area contributed by atoms with E-state index < -0.39 is 0 Å². The fraction of sp³-hybridized carbons (Fsp3) is 0.588. The number of rotatable bonds is 9. The molecule has 1 aromatic carbocycles. The Labute approximate surface area is 156 Å². The lowest BCUT2D eigenvalue weighted by Crippen LogP contribution is -2.37. The molecule has 0 saturated heterocycles. The Kier molecular flexibility index (Phi) is 13.0. The Morgan fingerprint density at radius 2 is 2.00 bits per heavy atom. The molecule has 0 aliphatic heterocycles. The molecule has 0 amide bonds. The molecule has 6 heteroatoms. The van der Waals surface area contributed by atoms with E-state index in [2.05, 4.69) is 15.6 Å². The number of hydrogen-bond acceptors (Lipinski definition) is 2. The van der Waals surface area contributed by atoms with Gasteiger partial charge in [-0.15, -0.1) is 24.0 Å². The molecule has 0 radical (unpaired) electrons. The van der Waals surface area contributed by atoms with Gasteiger partial charge < -0.3 is 15.4 Å². The Balaban J connectivity index is 0.00000484. The molecule has 0 aliphatic rings. The Bertz CT molecular complexity index is 469. The number of halogens is 2. The first-order chi connectivity index (χ1) is 10.7. The first kappa shape index (κ1) is 22.1. The lowest BCUT2D eigenvalue weighted by Gasteiger charge is -2.11. The molecule has 1 rings (SSSR count). The van der Waals surface area contributed by atoms with Crippen molar-refractivity contribution < 1.29 is 9.13 Å². The van der Waals surface area contributed by atoms with Gasteiger partial charge in [-0.2, -0.15) is 0 Å². The highest BCUT2D eigenvalue weighted by atomic mass is 127. The van der Waals surface area contributed by atoms with Crippen LogP contribution in [0.2, 0.25) is 0 Å². The Morgan fingerprint density at radius 1 is 1.22 bits per heavy atom. The van der Waals surface area contributed by atoms with Gasteiger partial charge in [0.15, 0.2) is 5.96 Å². The van der Waals surface area contributed by atoms with Crippen LogP contribution in [0.25, 0.3) is 0 Å². The number of hydrogen-bond donors (Lipinski definition) is 2. The molecule has 0 fully saturated rings. The molecule has 0 bridgehead atoms. The molecule has 4 nitrogen and oxygen atoms in total. The van der Waals surface area contributed by atoms with Crippen LogP contribution in [0.3, 0.4) is 0 Å². The number of nitrogens with one attached hydrogen (secondary N) is 2. The van der Waals surface area contributed by atoms with Gasteiger partial charge in [0, 0.05) is 26.3 Å². The first-order valence-electron chi connectivity index (χ1n) is 8.02. The van der Waals surface area contributed by atoms with Crippen LogP contribution in [-0.2, 0) is 11.3 Å². The van der Waals surface area contributed by atoms with Crippen molar-refractivity contribution in [2.75, 3.05) is 26.3 Å². The quantitative estimate of drug-likeness (QED) is 0.269. The summed E-state index contributed by atoms with van der Waals surface area (Å²) >= 11 is 0. The van der Waals surface area contributed by atoms with E-state index in [0.717, 1.165) is 50.7 Å². The van der Waals surface area contributed by atoms with E-state index in [1.165, 1.54) is 0 Å². The number of nitrogens with zero attached hydrogens (tertiary/aromatic N) is 1. The summed E-state index contributed by atoms with van der Waals surface area (Å²) in [6.07, 6.45) is 2.06. The van der Waals surface area contributed by atoms with Crippen LogP contribution in [0.5, 0.6) is 0 Å². The predicted molar refractivity (Wildman–Crippen MR) is 105 cm³/mol. The van der Waals surface area contributed by atoms with Crippen molar-refractivity contribution in [1.29, 1.82) is 0 Å². The zero-order chi connectivity index (χ0) is 16.2. The highest BCUT2D eigenvalue weighted by molar-refractivity contribution is 14.0. The summed E-state index contributed by atoms with van der Waals surface area (Å²) in [5.74, 6) is 0.585. The molecular formula is C17H29FIN3O. The van der Waals surface area contributed by atoms with Crippen LogP contribution in [0.1, 0.15) is 37.8 Å². The standard InChI is InChI=1S/C17H28FN3O.HI/c1-4-19-17(20-10-6-7-11-22-5-2)21-13-15-9-8-14(3)16(18)12-15;/h8-9,12H,4-7,10-11,13H2,1-3H3,(H2,19,20,21);1H. The fourth-order valence-electron chi connectivity index (χ4n) is 1.93. The van der Waals surface area contributed by atoms with Gasteiger partial charge in [0.25, 0.3) is 0 Å². The summed E-state index contributed by atoms with van der Waals surface area (Å²) in [6, 6.07) is 5.24. The van der Waals surface area contributed by atoms with Crippen molar-refractivity contribution in [2.45, 2.75) is 40.2 Å². The van der Waals surface area contributed by atoms with E-state index in [1.54, 1.807) is 19.1 Å². The molecule has 0 saturated carbocycles. The molecule has 0 aromatic heterocycles. The van der Waals surface area contributed by atoms with Gasteiger partial charge in [-0.25, -0.2) is 9.38 Å². The summed E-state index contributed by atoms with van der Waals surface area (Å²) in [5.41, 5.74) is 1.53. The second-order valence-electron chi connectivity index (χ2n) is 5.11. The lowest BCUT2D eigenvalue weighted by molar-refractivity contribution is 0.143. The second-order valence-corrected chi connectivity index (χ2v) is 5.11. The summed E-state index contributed by atoms with van der Waals surface area (Å²) in [4.78, 5) is 4.48. The largest absolute Gasteiger partial charge is 0.382 e. The van der Waals surface area contributed by atoms with Gasteiger partial charge in [-0.05, 0) is 50.8 Å². The number of aliphatic imine (C=N–C) groups is 1. The number of benzene rings is 1. The van der Waals surface area contributed by atoms with E-state index in [4.69, 9.17) is 4.74 Å². The van der Waals surface area contributed by atoms with Gasteiger partial charge in [0.1, 0.15) is 5.82 Å². The monoisotopic (exact) mass is 437 g/mol. The topological polar surface area (TPSA) is 45.7 Å². The highest BCUT2D eigenvalue weighted by Crippen LogP contribution is 2.09. The number of guanidine groups is 1. The lowest BCUT2D eigenvalue weighted by atomic mass is 10.1. The predicted octanol–water partition coefficient (Wildman–Crippen LogP) is 3.62. The maximum Gasteiger partial charge on any atom is 0.191 e. The summed E-state index contributed by atoms with van der Waals surface area (Å²) in [6.45, 7) is 9.47. The average Bonchev–Trinajstić information content (AvgIpc) is 2.51. The van der Waals surface area contributed by atoms with Crippen molar-refractivity contribution in [1.82, 2.24) is 10.6 Å². The Hall–Kier alpha value is -0.890. The molecular weight excluding hydrogens is 408 g/mol. The zero-order valence-corrected chi connectivity index (χ0v) is 16.7. The maximum absolute atomic E-state index is 13.5.